The van der Waals surface area contributed by atoms with E-state index < -0.39 is 9.84 Å². The Hall–Kier alpha value is -2.47. The van der Waals surface area contributed by atoms with E-state index in [1.165, 1.54) is 4.68 Å². The minimum absolute atomic E-state index is 0.167. The Kier molecular flexibility index (Phi) is 2.49. The van der Waals surface area contributed by atoms with E-state index in [9.17, 15) is 8.42 Å². The van der Waals surface area contributed by atoms with Crippen LogP contribution in [0.15, 0.2) is 59.5 Å². The minimum atomic E-state index is -3.36. The Morgan fingerprint density at radius 2 is 1.67 bits per heavy atom. The van der Waals surface area contributed by atoms with Crippen molar-refractivity contribution in [1.82, 2.24) is 15.0 Å². The third-order valence-corrected chi connectivity index (χ3v) is 5.16. The molecule has 0 saturated carbocycles. The Labute approximate surface area is 121 Å². The van der Waals surface area contributed by atoms with Crippen LogP contribution in [0.3, 0.4) is 0 Å². The Morgan fingerprint density at radius 1 is 0.952 bits per heavy atom. The van der Waals surface area contributed by atoms with Gasteiger partial charge in [0, 0.05) is 11.1 Å². The zero-order valence-corrected chi connectivity index (χ0v) is 11.8. The van der Waals surface area contributed by atoms with Gasteiger partial charge in [0.05, 0.1) is 10.6 Å². The third kappa shape index (κ3) is 1.80. The molecule has 104 valence electrons. The van der Waals surface area contributed by atoms with Gasteiger partial charge in [-0.3, -0.25) is 0 Å². The van der Waals surface area contributed by atoms with Crippen molar-refractivity contribution in [1.29, 1.82) is 0 Å². The van der Waals surface area contributed by atoms with Gasteiger partial charge in [-0.25, -0.2) is 13.1 Å². The molecule has 0 unspecified atom stereocenters. The molecule has 6 heteroatoms. The first kappa shape index (κ1) is 12.3. The lowest BCUT2D eigenvalue weighted by atomic mass is 10.0. The summed E-state index contributed by atoms with van der Waals surface area (Å²) in [4.78, 5) is 0.344. The smallest absolute Gasteiger partial charge is 0.199 e. The Balaban J connectivity index is 2.04. The molecule has 2 heterocycles. The number of hydrogen-bond donors (Lipinski definition) is 0. The van der Waals surface area contributed by atoms with Gasteiger partial charge < -0.3 is 0 Å². The quantitative estimate of drug-likeness (QED) is 0.691. The van der Waals surface area contributed by atoms with E-state index in [4.69, 9.17) is 0 Å². The van der Waals surface area contributed by atoms with E-state index in [0.29, 0.717) is 16.2 Å². The molecule has 0 bridgehead atoms. The molecule has 1 aromatic heterocycles. The molecule has 0 aliphatic carbocycles. The first-order valence-electron chi connectivity index (χ1n) is 6.48. The number of nitrogens with zero attached hydrogens (tertiary/aromatic N) is 3. The molecular formula is C15H11N3O2S. The molecular weight excluding hydrogens is 286 g/mol. The van der Waals surface area contributed by atoms with Gasteiger partial charge in [-0.1, -0.05) is 53.7 Å². The van der Waals surface area contributed by atoms with E-state index in [-0.39, 0.29) is 5.88 Å². The normalized spacial score (nSPS) is 15.2. The zero-order chi connectivity index (χ0) is 14.4. The minimum Gasteiger partial charge on any atom is -0.228 e. The van der Waals surface area contributed by atoms with E-state index in [1.54, 1.807) is 18.2 Å². The van der Waals surface area contributed by atoms with Crippen LogP contribution in [0.4, 0.5) is 0 Å². The van der Waals surface area contributed by atoms with E-state index in [0.717, 1.165) is 11.3 Å². The van der Waals surface area contributed by atoms with Crippen LogP contribution in [0.1, 0.15) is 0 Å². The van der Waals surface area contributed by atoms with Crippen LogP contribution in [0.25, 0.3) is 22.5 Å². The van der Waals surface area contributed by atoms with Crippen LogP contribution in [0.2, 0.25) is 0 Å². The molecule has 0 spiro atoms. The van der Waals surface area contributed by atoms with E-state index in [2.05, 4.69) is 10.3 Å². The van der Waals surface area contributed by atoms with Crippen molar-refractivity contribution >= 4 is 9.84 Å². The molecule has 1 aliphatic heterocycles. The van der Waals surface area contributed by atoms with Gasteiger partial charge in [0.15, 0.2) is 9.84 Å². The topological polar surface area (TPSA) is 64.8 Å². The molecule has 0 saturated heterocycles. The van der Waals surface area contributed by atoms with Crippen LogP contribution >= 0.6 is 0 Å². The monoisotopic (exact) mass is 297 g/mol. The highest BCUT2D eigenvalue weighted by atomic mass is 32.2. The Bertz CT molecular complexity index is 931. The van der Waals surface area contributed by atoms with Gasteiger partial charge in [0.25, 0.3) is 0 Å². The van der Waals surface area contributed by atoms with Crippen LogP contribution in [-0.4, -0.2) is 23.4 Å². The first-order valence-corrected chi connectivity index (χ1v) is 8.13. The molecule has 2 aromatic carbocycles. The van der Waals surface area contributed by atoms with Crippen molar-refractivity contribution in [3.05, 3.63) is 54.6 Å². The molecule has 4 rings (SSSR count). The molecule has 0 atom stereocenters. The second-order valence-corrected chi connectivity index (χ2v) is 6.82. The molecule has 5 nitrogen and oxygen atoms in total. The van der Waals surface area contributed by atoms with Gasteiger partial charge in [0.2, 0.25) is 0 Å². The zero-order valence-electron chi connectivity index (χ0n) is 11.0. The predicted molar refractivity (Wildman–Crippen MR) is 78.1 cm³/mol. The summed E-state index contributed by atoms with van der Waals surface area (Å²) < 4.78 is 26.0. The van der Waals surface area contributed by atoms with Crippen LogP contribution in [-0.2, 0) is 15.7 Å². The second-order valence-electron chi connectivity index (χ2n) is 4.89. The van der Waals surface area contributed by atoms with Crippen molar-refractivity contribution in [2.45, 2.75) is 10.8 Å². The second kappa shape index (κ2) is 4.26. The number of fused-ring (bicyclic) bond motifs is 3. The van der Waals surface area contributed by atoms with Crippen molar-refractivity contribution in [2.75, 3.05) is 0 Å². The number of rotatable bonds is 1. The molecule has 3 aromatic rings. The van der Waals surface area contributed by atoms with Gasteiger partial charge in [-0.05, 0) is 6.07 Å². The van der Waals surface area contributed by atoms with Crippen molar-refractivity contribution in [3.8, 4) is 22.5 Å². The van der Waals surface area contributed by atoms with E-state index in [1.807, 2.05) is 36.4 Å². The lowest BCUT2D eigenvalue weighted by molar-refractivity contribution is 0.568. The summed E-state index contributed by atoms with van der Waals surface area (Å²) in [7, 11) is -3.36. The lowest BCUT2D eigenvalue weighted by Crippen LogP contribution is -2.19. The van der Waals surface area contributed by atoms with Gasteiger partial charge in [0.1, 0.15) is 11.6 Å². The molecule has 0 N–H and O–H groups in total. The maximum absolute atomic E-state index is 12.3. The predicted octanol–water partition coefficient (Wildman–Crippen LogP) is 2.36. The van der Waals surface area contributed by atoms with Crippen LogP contribution < -0.4 is 0 Å². The number of aromatic nitrogens is 3. The molecule has 0 fully saturated rings. The van der Waals surface area contributed by atoms with Crippen molar-refractivity contribution in [3.63, 3.8) is 0 Å². The Morgan fingerprint density at radius 3 is 2.48 bits per heavy atom. The number of benzene rings is 2. The fourth-order valence-electron chi connectivity index (χ4n) is 2.62. The largest absolute Gasteiger partial charge is 0.228 e. The lowest BCUT2D eigenvalue weighted by Gasteiger charge is -2.18. The summed E-state index contributed by atoms with van der Waals surface area (Å²) in [5, 5.41) is 8.20. The number of sulfone groups is 1. The fourth-order valence-corrected chi connectivity index (χ4v) is 4.05. The first-order chi connectivity index (χ1) is 10.2. The van der Waals surface area contributed by atoms with Crippen LogP contribution in [0.5, 0.6) is 0 Å². The molecule has 1 aliphatic rings. The summed E-state index contributed by atoms with van der Waals surface area (Å²) in [5.41, 5.74) is 3.05. The van der Waals surface area contributed by atoms with Gasteiger partial charge in [-0.2, -0.15) is 0 Å². The SMILES string of the molecule is O=S1(=O)Cn2nnc(-c3ccccc3)c2-c2ccccc21. The average molecular weight is 297 g/mol. The highest BCUT2D eigenvalue weighted by molar-refractivity contribution is 7.90. The summed E-state index contributed by atoms with van der Waals surface area (Å²) in [5.74, 6) is -0.167. The summed E-state index contributed by atoms with van der Waals surface area (Å²) >= 11 is 0. The van der Waals surface area contributed by atoms with Gasteiger partial charge in [-0.15, -0.1) is 5.10 Å². The summed E-state index contributed by atoms with van der Waals surface area (Å²) in [6, 6.07) is 16.7. The van der Waals surface area contributed by atoms with E-state index >= 15 is 0 Å². The highest BCUT2D eigenvalue weighted by Gasteiger charge is 2.31. The molecule has 21 heavy (non-hydrogen) atoms. The summed E-state index contributed by atoms with van der Waals surface area (Å²) in [6.45, 7) is 0. The van der Waals surface area contributed by atoms with Crippen LogP contribution in [0, 0.1) is 0 Å². The fraction of sp³-hybridized carbons (Fsp3) is 0.0667. The van der Waals surface area contributed by atoms with Crippen molar-refractivity contribution in [2.24, 2.45) is 0 Å². The molecule has 0 radical (unpaired) electrons. The van der Waals surface area contributed by atoms with Gasteiger partial charge >= 0.3 is 0 Å². The highest BCUT2D eigenvalue weighted by Crippen LogP contribution is 2.38. The maximum atomic E-state index is 12.3. The summed E-state index contributed by atoms with van der Waals surface area (Å²) in [6.07, 6.45) is 0. The number of hydrogen-bond acceptors (Lipinski definition) is 4. The third-order valence-electron chi connectivity index (χ3n) is 3.55. The molecule has 0 amide bonds. The average Bonchev–Trinajstić information content (AvgIpc) is 2.91. The standard InChI is InChI=1S/C15H11N3O2S/c19-21(20)10-18-15(12-8-4-5-9-13(12)21)14(16-17-18)11-6-2-1-3-7-11/h1-9H,10H2. The maximum Gasteiger partial charge on any atom is 0.199 e. The van der Waals surface area contributed by atoms with Crippen molar-refractivity contribution < 1.29 is 8.42 Å².